The molecule has 1 aliphatic heterocycles. The predicted octanol–water partition coefficient (Wildman–Crippen LogP) is 0.737. The minimum Gasteiger partial charge on any atom is -0.493 e. The van der Waals surface area contributed by atoms with Crippen LogP contribution in [0.15, 0.2) is 18.2 Å². The number of carbonyl (C=O) groups excluding carboxylic acids is 2. The van der Waals surface area contributed by atoms with Gasteiger partial charge in [0.2, 0.25) is 0 Å². The van der Waals surface area contributed by atoms with Crippen LogP contribution in [0.2, 0.25) is 0 Å². The lowest BCUT2D eigenvalue weighted by Crippen LogP contribution is -2.45. The summed E-state index contributed by atoms with van der Waals surface area (Å²) in [5.41, 5.74) is 0.510. The Labute approximate surface area is 166 Å². The van der Waals surface area contributed by atoms with E-state index in [9.17, 15) is 14.7 Å². The third kappa shape index (κ3) is 6.10. The molecule has 28 heavy (non-hydrogen) atoms. The zero-order valence-corrected chi connectivity index (χ0v) is 17.1. The van der Waals surface area contributed by atoms with Crippen LogP contribution in [0.4, 0.5) is 0 Å². The molecule has 1 atom stereocenters. The minimum absolute atomic E-state index is 0.0843. The van der Waals surface area contributed by atoms with Crippen LogP contribution in [0.1, 0.15) is 30.1 Å². The number of aliphatic hydroxyl groups excluding tert-OH is 1. The fraction of sp³-hybridized carbons (Fsp3) is 0.600. The number of hydrogen-bond acceptors (Lipinski definition) is 6. The van der Waals surface area contributed by atoms with Gasteiger partial charge < -0.3 is 29.7 Å². The number of ether oxygens (including phenoxy) is 2. The van der Waals surface area contributed by atoms with E-state index < -0.39 is 6.10 Å². The molecule has 1 heterocycles. The monoisotopic (exact) mass is 393 g/mol. The summed E-state index contributed by atoms with van der Waals surface area (Å²) in [5, 5.41) is 12.3. The number of rotatable bonds is 8. The van der Waals surface area contributed by atoms with E-state index >= 15 is 0 Å². The summed E-state index contributed by atoms with van der Waals surface area (Å²) in [6.45, 7) is 3.85. The summed E-state index contributed by atoms with van der Waals surface area (Å²) in [6.07, 6.45) is 0.237. The highest BCUT2D eigenvalue weighted by atomic mass is 16.5. The maximum absolute atomic E-state index is 12.4. The molecule has 2 amide bonds. The topological polar surface area (TPSA) is 91.3 Å². The lowest BCUT2D eigenvalue weighted by atomic mass is 10.1. The third-order valence-corrected chi connectivity index (χ3v) is 4.68. The highest BCUT2D eigenvalue weighted by molar-refractivity contribution is 5.94. The van der Waals surface area contributed by atoms with E-state index in [4.69, 9.17) is 9.47 Å². The lowest BCUT2D eigenvalue weighted by Gasteiger charge is -2.33. The molecule has 156 valence electrons. The van der Waals surface area contributed by atoms with Crippen molar-refractivity contribution in [2.24, 2.45) is 0 Å². The van der Waals surface area contributed by atoms with Gasteiger partial charge in [-0.05, 0) is 39.2 Å². The predicted molar refractivity (Wildman–Crippen MR) is 106 cm³/mol. The Morgan fingerprint density at radius 3 is 2.54 bits per heavy atom. The normalized spacial score (nSPS) is 16.0. The Hall–Kier alpha value is -2.32. The molecule has 1 aliphatic rings. The van der Waals surface area contributed by atoms with Crippen molar-refractivity contribution in [1.82, 2.24) is 15.1 Å². The van der Waals surface area contributed by atoms with E-state index in [0.29, 0.717) is 49.5 Å². The molecular weight excluding hydrogens is 362 g/mol. The van der Waals surface area contributed by atoms with Gasteiger partial charge in [-0.1, -0.05) is 0 Å². The molecule has 2 N–H and O–H groups in total. The number of methoxy groups -OCH3 is 1. The summed E-state index contributed by atoms with van der Waals surface area (Å²) < 4.78 is 11.4. The van der Waals surface area contributed by atoms with Gasteiger partial charge in [0.05, 0.1) is 7.11 Å². The number of aliphatic hydroxyl groups is 1. The first kappa shape index (κ1) is 22.0. The maximum atomic E-state index is 12.4. The van der Waals surface area contributed by atoms with E-state index in [1.165, 1.54) is 6.92 Å². The Kier molecular flexibility index (Phi) is 8.07. The van der Waals surface area contributed by atoms with E-state index in [0.717, 1.165) is 6.54 Å². The number of likely N-dealkylation sites (tertiary alicyclic amines) is 1. The average molecular weight is 393 g/mol. The van der Waals surface area contributed by atoms with E-state index in [1.54, 1.807) is 30.2 Å². The molecule has 1 fully saturated rings. The van der Waals surface area contributed by atoms with Crippen LogP contribution in [0.5, 0.6) is 11.5 Å². The Balaban J connectivity index is 1.99. The highest BCUT2D eigenvalue weighted by Gasteiger charge is 2.26. The SMILES string of the molecule is COc1ccc(C(=O)NCCN(C)C)cc1OC1CCN(C(=O)[C@H](C)O)CC1. The lowest BCUT2D eigenvalue weighted by molar-refractivity contribution is -0.141. The number of piperidine rings is 1. The third-order valence-electron chi connectivity index (χ3n) is 4.68. The zero-order chi connectivity index (χ0) is 20.7. The van der Waals surface area contributed by atoms with Crippen LogP contribution in [-0.4, -0.2) is 86.3 Å². The second kappa shape index (κ2) is 10.3. The van der Waals surface area contributed by atoms with Crippen molar-refractivity contribution < 1.29 is 24.2 Å². The van der Waals surface area contributed by atoms with Gasteiger partial charge >= 0.3 is 0 Å². The number of hydrogen-bond donors (Lipinski definition) is 2. The molecule has 8 nitrogen and oxygen atoms in total. The van der Waals surface area contributed by atoms with Crippen molar-refractivity contribution >= 4 is 11.8 Å². The van der Waals surface area contributed by atoms with Crippen LogP contribution in [0.3, 0.4) is 0 Å². The van der Waals surface area contributed by atoms with Gasteiger partial charge in [-0.2, -0.15) is 0 Å². The number of likely N-dealkylation sites (N-methyl/N-ethyl adjacent to an activating group) is 1. The second-order valence-electron chi connectivity index (χ2n) is 7.24. The molecule has 0 aromatic heterocycles. The number of nitrogens with zero attached hydrogens (tertiary/aromatic N) is 2. The molecule has 1 aromatic carbocycles. The molecule has 1 aromatic rings. The molecule has 2 rings (SSSR count). The number of nitrogens with one attached hydrogen (secondary N) is 1. The van der Waals surface area contributed by atoms with Crippen LogP contribution in [0, 0.1) is 0 Å². The first-order chi connectivity index (χ1) is 13.3. The summed E-state index contributed by atoms with van der Waals surface area (Å²) in [5.74, 6) is 0.662. The minimum atomic E-state index is -0.986. The summed E-state index contributed by atoms with van der Waals surface area (Å²) in [6, 6.07) is 5.13. The fourth-order valence-corrected chi connectivity index (χ4v) is 3.04. The molecule has 0 spiro atoms. The quantitative estimate of drug-likeness (QED) is 0.677. The van der Waals surface area contributed by atoms with Gasteiger partial charge in [-0.3, -0.25) is 9.59 Å². The average Bonchev–Trinajstić information content (AvgIpc) is 2.67. The molecule has 0 bridgehead atoms. The number of carbonyl (C=O) groups is 2. The van der Waals surface area contributed by atoms with Crippen molar-refractivity contribution in [2.45, 2.75) is 32.0 Å². The first-order valence-corrected chi connectivity index (χ1v) is 9.56. The van der Waals surface area contributed by atoms with Crippen LogP contribution < -0.4 is 14.8 Å². The Morgan fingerprint density at radius 1 is 1.29 bits per heavy atom. The van der Waals surface area contributed by atoms with Crippen molar-refractivity contribution in [3.05, 3.63) is 23.8 Å². The summed E-state index contributed by atoms with van der Waals surface area (Å²) in [4.78, 5) is 27.9. The van der Waals surface area contributed by atoms with E-state index in [1.807, 2.05) is 19.0 Å². The number of benzene rings is 1. The van der Waals surface area contributed by atoms with Crippen LogP contribution in [0.25, 0.3) is 0 Å². The van der Waals surface area contributed by atoms with E-state index in [2.05, 4.69) is 5.32 Å². The molecule has 8 heteroatoms. The van der Waals surface area contributed by atoms with Crippen molar-refractivity contribution in [2.75, 3.05) is 47.4 Å². The summed E-state index contributed by atoms with van der Waals surface area (Å²) >= 11 is 0. The molecule has 0 aliphatic carbocycles. The fourth-order valence-electron chi connectivity index (χ4n) is 3.04. The molecule has 0 radical (unpaired) electrons. The first-order valence-electron chi connectivity index (χ1n) is 9.56. The highest BCUT2D eigenvalue weighted by Crippen LogP contribution is 2.31. The smallest absolute Gasteiger partial charge is 0.251 e. The van der Waals surface area contributed by atoms with Crippen molar-refractivity contribution in [3.63, 3.8) is 0 Å². The van der Waals surface area contributed by atoms with Crippen molar-refractivity contribution in [3.8, 4) is 11.5 Å². The number of amides is 2. The second-order valence-corrected chi connectivity index (χ2v) is 7.24. The van der Waals surface area contributed by atoms with E-state index in [-0.39, 0.29) is 17.9 Å². The van der Waals surface area contributed by atoms with Gasteiger partial charge in [-0.15, -0.1) is 0 Å². The largest absolute Gasteiger partial charge is 0.493 e. The Morgan fingerprint density at radius 2 is 1.96 bits per heavy atom. The maximum Gasteiger partial charge on any atom is 0.251 e. The molecule has 1 saturated heterocycles. The molecule has 0 unspecified atom stereocenters. The van der Waals surface area contributed by atoms with Gasteiger partial charge in [0.15, 0.2) is 11.5 Å². The Bertz CT molecular complexity index is 670. The standard InChI is InChI=1S/C20H31N3O5/c1-14(24)20(26)23-10-7-16(8-11-23)28-18-13-15(5-6-17(18)27-4)19(25)21-9-12-22(2)3/h5-6,13-14,16,24H,7-12H2,1-4H3,(H,21,25)/t14-/m0/s1. The van der Waals surface area contributed by atoms with Crippen LogP contribution in [-0.2, 0) is 4.79 Å². The summed E-state index contributed by atoms with van der Waals surface area (Å²) in [7, 11) is 5.46. The van der Waals surface area contributed by atoms with Gasteiger partial charge in [0, 0.05) is 44.6 Å². The van der Waals surface area contributed by atoms with Gasteiger partial charge in [0.1, 0.15) is 12.2 Å². The molecule has 0 saturated carbocycles. The van der Waals surface area contributed by atoms with Crippen molar-refractivity contribution in [1.29, 1.82) is 0 Å². The van der Waals surface area contributed by atoms with Gasteiger partial charge in [-0.25, -0.2) is 0 Å². The van der Waals surface area contributed by atoms with Crippen LogP contribution >= 0.6 is 0 Å². The molecular formula is C20H31N3O5. The zero-order valence-electron chi connectivity index (χ0n) is 17.1. The van der Waals surface area contributed by atoms with Gasteiger partial charge in [0.25, 0.3) is 11.8 Å².